The molecule has 0 saturated carbocycles. The summed E-state index contributed by atoms with van der Waals surface area (Å²) in [5, 5.41) is 6.54. The summed E-state index contributed by atoms with van der Waals surface area (Å²) in [5.41, 5.74) is 6.46. The molecule has 198 valence electrons. The van der Waals surface area contributed by atoms with Gasteiger partial charge in [0, 0.05) is 54.7 Å². The molecular weight excluding hydrogens is 476 g/mol. The van der Waals surface area contributed by atoms with Gasteiger partial charge < -0.3 is 20.3 Å². The number of nitrogens with one attached hydrogen (secondary N) is 2. The number of alkyl carbamates (subject to hydrolysis) is 1. The standard InChI is InChI=1S/C30H36N6O2/c1-20(9-8-12-31-6)21(2)34-23-16-26(28-27(17-23)32-13-14-33-28)22-10-7-11-25(15-22)36-18-24(19-36)35-29(37)38-30(3,4)5/h7-17,21,24,34H,6,18-19H2,1-5H3,(H,35,37)/b12-8-,20-9+. The van der Waals surface area contributed by atoms with Crippen molar-refractivity contribution in [3.8, 4) is 11.1 Å². The molecule has 2 heterocycles. The van der Waals surface area contributed by atoms with Crippen LogP contribution in [0.25, 0.3) is 22.2 Å². The van der Waals surface area contributed by atoms with Crippen molar-refractivity contribution < 1.29 is 9.53 Å². The molecule has 0 radical (unpaired) electrons. The van der Waals surface area contributed by atoms with E-state index in [0.29, 0.717) is 0 Å². The number of nitrogens with zero attached hydrogens (tertiary/aromatic N) is 4. The fourth-order valence-electron chi connectivity index (χ4n) is 4.27. The van der Waals surface area contributed by atoms with Gasteiger partial charge in [0.05, 0.1) is 17.1 Å². The average Bonchev–Trinajstić information content (AvgIpc) is 2.84. The second kappa shape index (κ2) is 11.5. The molecule has 1 aliphatic rings. The molecule has 1 atom stereocenters. The predicted molar refractivity (Wildman–Crippen MR) is 156 cm³/mol. The molecule has 38 heavy (non-hydrogen) atoms. The normalized spacial score (nSPS) is 15.3. The Morgan fingerprint density at radius 1 is 1.21 bits per heavy atom. The van der Waals surface area contributed by atoms with E-state index in [9.17, 15) is 4.79 Å². The minimum absolute atomic E-state index is 0.0580. The summed E-state index contributed by atoms with van der Waals surface area (Å²) in [4.78, 5) is 27.3. The highest BCUT2D eigenvalue weighted by Gasteiger charge is 2.30. The van der Waals surface area contributed by atoms with Gasteiger partial charge >= 0.3 is 6.09 Å². The molecule has 1 unspecified atom stereocenters. The van der Waals surface area contributed by atoms with Gasteiger partial charge in [-0.15, -0.1) is 0 Å². The Balaban J connectivity index is 1.54. The summed E-state index contributed by atoms with van der Waals surface area (Å²) in [6.07, 6.45) is 8.63. The smallest absolute Gasteiger partial charge is 0.407 e. The van der Waals surface area contributed by atoms with Crippen LogP contribution in [0.1, 0.15) is 34.6 Å². The number of amides is 1. The van der Waals surface area contributed by atoms with Crippen LogP contribution in [-0.2, 0) is 4.74 Å². The predicted octanol–water partition coefficient (Wildman–Crippen LogP) is 5.97. The van der Waals surface area contributed by atoms with Crippen molar-refractivity contribution >= 4 is 35.2 Å². The monoisotopic (exact) mass is 512 g/mol. The van der Waals surface area contributed by atoms with E-state index in [2.05, 4.69) is 81.4 Å². The number of anilines is 2. The zero-order valence-electron chi connectivity index (χ0n) is 22.7. The zero-order chi connectivity index (χ0) is 27.3. The highest BCUT2D eigenvalue weighted by atomic mass is 16.6. The first-order chi connectivity index (χ1) is 18.1. The highest BCUT2D eigenvalue weighted by molar-refractivity contribution is 5.95. The molecule has 1 amide bonds. The third-order valence-electron chi connectivity index (χ3n) is 6.32. The maximum atomic E-state index is 12.1. The molecule has 3 aromatic rings. The quantitative estimate of drug-likeness (QED) is 0.285. The summed E-state index contributed by atoms with van der Waals surface area (Å²) >= 11 is 0. The number of rotatable bonds is 8. The molecule has 4 rings (SSSR count). The van der Waals surface area contributed by atoms with E-state index in [0.717, 1.165) is 46.6 Å². The maximum absolute atomic E-state index is 12.1. The Bertz CT molecular complexity index is 1370. The number of aromatic nitrogens is 2. The van der Waals surface area contributed by atoms with Gasteiger partial charge in [0.15, 0.2) is 0 Å². The lowest BCUT2D eigenvalue weighted by molar-refractivity contribution is 0.0496. The number of benzene rings is 2. The first-order valence-electron chi connectivity index (χ1n) is 12.8. The fourth-order valence-corrected chi connectivity index (χ4v) is 4.27. The largest absolute Gasteiger partial charge is 0.444 e. The Morgan fingerprint density at radius 3 is 2.71 bits per heavy atom. The van der Waals surface area contributed by atoms with Crippen LogP contribution in [0.3, 0.4) is 0 Å². The third kappa shape index (κ3) is 6.76. The van der Waals surface area contributed by atoms with Crippen LogP contribution in [0.4, 0.5) is 16.2 Å². The van der Waals surface area contributed by atoms with Crippen LogP contribution in [-0.4, -0.2) is 53.6 Å². The number of allylic oxidation sites excluding steroid dienone is 2. The van der Waals surface area contributed by atoms with Crippen molar-refractivity contribution in [1.82, 2.24) is 15.3 Å². The molecule has 1 aromatic heterocycles. The van der Waals surface area contributed by atoms with E-state index in [-0.39, 0.29) is 18.2 Å². The fraction of sp³-hybridized carbons (Fsp3) is 0.333. The summed E-state index contributed by atoms with van der Waals surface area (Å²) in [6.45, 7) is 14.7. The van der Waals surface area contributed by atoms with Crippen molar-refractivity contribution in [3.05, 3.63) is 72.7 Å². The lowest BCUT2D eigenvalue weighted by Gasteiger charge is -2.41. The van der Waals surface area contributed by atoms with Gasteiger partial charge in [-0.1, -0.05) is 23.8 Å². The highest BCUT2D eigenvalue weighted by Crippen LogP contribution is 2.33. The third-order valence-corrected chi connectivity index (χ3v) is 6.32. The molecule has 1 fully saturated rings. The van der Waals surface area contributed by atoms with Crippen LogP contribution < -0.4 is 15.5 Å². The van der Waals surface area contributed by atoms with E-state index in [1.165, 1.54) is 5.57 Å². The Kier molecular flexibility index (Phi) is 8.10. The Hall–Kier alpha value is -4.20. The van der Waals surface area contributed by atoms with E-state index >= 15 is 0 Å². The van der Waals surface area contributed by atoms with Crippen LogP contribution >= 0.6 is 0 Å². The summed E-state index contributed by atoms with van der Waals surface area (Å²) in [7, 11) is 0. The van der Waals surface area contributed by atoms with E-state index in [1.807, 2.05) is 39.0 Å². The van der Waals surface area contributed by atoms with Crippen molar-refractivity contribution in [2.24, 2.45) is 4.99 Å². The topological polar surface area (TPSA) is 91.7 Å². The minimum Gasteiger partial charge on any atom is -0.444 e. The number of ether oxygens (including phenoxy) is 1. The zero-order valence-corrected chi connectivity index (χ0v) is 22.7. The molecule has 8 heteroatoms. The van der Waals surface area contributed by atoms with Gasteiger partial charge in [-0.2, -0.15) is 0 Å². The number of aliphatic imine (C=N–C) groups is 1. The lowest BCUT2D eigenvalue weighted by atomic mass is 10.00. The van der Waals surface area contributed by atoms with Gasteiger partial charge in [0.25, 0.3) is 0 Å². The molecule has 8 nitrogen and oxygen atoms in total. The lowest BCUT2D eigenvalue weighted by Crippen LogP contribution is -2.60. The molecular formula is C30H36N6O2. The second-order valence-corrected chi connectivity index (χ2v) is 10.5. The molecule has 0 bridgehead atoms. The van der Waals surface area contributed by atoms with Crippen molar-refractivity contribution in [3.63, 3.8) is 0 Å². The van der Waals surface area contributed by atoms with Gasteiger partial charge in [-0.05, 0) is 77.2 Å². The number of hydrogen-bond donors (Lipinski definition) is 2. The minimum atomic E-state index is -0.510. The molecule has 2 N–H and O–H groups in total. The van der Waals surface area contributed by atoms with Crippen LogP contribution in [0.15, 0.2) is 77.7 Å². The van der Waals surface area contributed by atoms with E-state index in [1.54, 1.807) is 18.6 Å². The molecule has 0 spiro atoms. The summed E-state index contributed by atoms with van der Waals surface area (Å²) in [5.74, 6) is 0. The first-order valence-corrected chi connectivity index (χ1v) is 12.8. The van der Waals surface area contributed by atoms with Gasteiger partial charge in [-0.25, -0.2) is 4.79 Å². The number of fused-ring (bicyclic) bond motifs is 1. The second-order valence-electron chi connectivity index (χ2n) is 10.5. The number of carbonyl (C=O) groups excluding carboxylic acids is 1. The number of hydrogen-bond acceptors (Lipinski definition) is 7. The maximum Gasteiger partial charge on any atom is 0.407 e. The van der Waals surface area contributed by atoms with Crippen LogP contribution in [0.5, 0.6) is 0 Å². The van der Waals surface area contributed by atoms with Crippen LogP contribution in [0, 0.1) is 0 Å². The molecule has 0 aliphatic carbocycles. The van der Waals surface area contributed by atoms with Gasteiger partial charge in [0.2, 0.25) is 0 Å². The van der Waals surface area contributed by atoms with Crippen molar-refractivity contribution in [1.29, 1.82) is 0 Å². The average molecular weight is 513 g/mol. The molecule has 2 aromatic carbocycles. The van der Waals surface area contributed by atoms with Crippen molar-refractivity contribution in [2.45, 2.75) is 52.3 Å². The Labute approximate surface area is 224 Å². The van der Waals surface area contributed by atoms with Crippen molar-refractivity contribution in [2.75, 3.05) is 23.3 Å². The SMILES string of the molecule is C=N/C=C\C=C(/C)C(C)Nc1cc(-c2cccc(N3CC(NC(=O)OC(C)(C)C)C3)c2)c2nccnc2c1. The summed E-state index contributed by atoms with van der Waals surface area (Å²) in [6, 6.07) is 12.7. The van der Waals surface area contributed by atoms with E-state index in [4.69, 9.17) is 4.74 Å². The van der Waals surface area contributed by atoms with Gasteiger partial charge in [0.1, 0.15) is 5.60 Å². The Morgan fingerprint density at radius 2 is 1.97 bits per heavy atom. The molecule has 1 saturated heterocycles. The first kappa shape index (κ1) is 26.9. The van der Waals surface area contributed by atoms with E-state index < -0.39 is 5.60 Å². The van der Waals surface area contributed by atoms with Crippen LogP contribution in [0.2, 0.25) is 0 Å². The van der Waals surface area contributed by atoms with Gasteiger partial charge in [-0.3, -0.25) is 15.0 Å². The number of carbonyl (C=O) groups is 1. The summed E-state index contributed by atoms with van der Waals surface area (Å²) < 4.78 is 5.38. The molecule has 1 aliphatic heterocycles.